The molecule has 2 aliphatic rings. The molecule has 0 saturated heterocycles. The Hall–Kier alpha value is -0.0400. The van der Waals surface area contributed by atoms with Gasteiger partial charge in [-0.05, 0) is 36.5 Å². The van der Waals surface area contributed by atoms with Crippen LogP contribution in [0.25, 0.3) is 0 Å². The molecule has 2 rings (SSSR count). The molecule has 4 unspecified atom stereocenters. The lowest BCUT2D eigenvalue weighted by atomic mass is 9.64. The Labute approximate surface area is 81.5 Å². The minimum Gasteiger partial charge on any atom is -0.396 e. The van der Waals surface area contributed by atoms with Crippen molar-refractivity contribution >= 4 is 0 Å². The van der Waals surface area contributed by atoms with Crippen molar-refractivity contribution in [1.29, 1.82) is 0 Å². The van der Waals surface area contributed by atoms with Gasteiger partial charge in [0.05, 0.1) is 0 Å². The Morgan fingerprint density at radius 3 is 2.31 bits per heavy atom. The molecule has 2 aliphatic carbocycles. The molecule has 0 spiro atoms. The number of hydrogen-bond donors (Lipinski definition) is 1. The van der Waals surface area contributed by atoms with Crippen LogP contribution in [-0.2, 0) is 0 Å². The van der Waals surface area contributed by atoms with Crippen molar-refractivity contribution in [2.75, 3.05) is 6.61 Å². The highest BCUT2D eigenvalue weighted by Gasteiger charge is 2.35. The summed E-state index contributed by atoms with van der Waals surface area (Å²) in [6, 6.07) is 0. The van der Waals surface area contributed by atoms with Crippen LogP contribution in [0.3, 0.4) is 0 Å². The molecular formula is C12H22O. The van der Waals surface area contributed by atoms with Crippen LogP contribution in [0.1, 0.15) is 45.4 Å². The van der Waals surface area contributed by atoms with Gasteiger partial charge >= 0.3 is 0 Å². The molecule has 0 bridgehead atoms. The van der Waals surface area contributed by atoms with E-state index in [1.54, 1.807) is 0 Å². The first-order valence-electron chi connectivity index (χ1n) is 5.92. The fourth-order valence-corrected chi connectivity index (χ4v) is 3.45. The molecule has 0 amide bonds. The maximum Gasteiger partial charge on any atom is 0.0461 e. The topological polar surface area (TPSA) is 20.2 Å². The average molecular weight is 182 g/mol. The molecule has 0 aliphatic heterocycles. The summed E-state index contributed by atoms with van der Waals surface area (Å²) in [5.41, 5.74) is 0. The van der Waals surface area contributed by atoms with Crippen molar-refractivity contribution in [3.8, 4) is 0 Å². The van der Waals surface area contributed by atoms with E-state index in [0.29, 0.717) is 12.5 Å². The van der Waals surface area contributed by atoms with E-state index in [-0.39, 0.29) is 0 Å². The third-order valence-electron chi connectivity index (χ3n) is 4.39. The summed E-state index contributed by atoms with van der Waals surface area (Å²) in [5, 5.41) is 9.25. The van der Waals surface area contributed by atoms with Crippen LogP contribution in [0.15, 0.2) is 0 Å². The maximum absolute atomic E-state index is 9.25. The monoisotopic (exact) mass is 182 g/mol. The van der Waals surface area contributed by atoms with Crippen LogP contribution in [-0.4, -0.2) is 11.7 Å². The molecule has 1 N–H and O–H groups in total. The quantitative estimate of drug-likeness (QED) is 0.661. The highest BCUT2D eigenvalue weighted by atomic mass is 16.3. The third-order valence-corrected chi connectivity index (χ3v) is 4.39. The van der Waals surface area contributed by atoms with E-state index in [1.807, 2.05) is 0 Å². The van der Waals surface area contributed by atoms with Crippen molar-refractivity contribution in [2.24, 2.45) is 23.7 Å². The predicted octanol–water partition coefficient (Wildman–Crippen LogP) is 2.83. The van der Waals surface area contributed by atoms with E-state index in [9.17, 15) is 5.11 Å². The lowest BCUT2D eigenvalue weighted by molar-refractivity contribution is 0.0515. The van der Waals surface area contributed by atoms with Crippen molar-refractivity contribution in [3.63, 3.8) is 0 Å². The second-order valence-electron chi connectivity index (χ2n) is 5.20. The van der Waals surface area contributed by atoms with E-state index in [1.165, 1.54) is 38.5 Å². The molecule has 1 nitrogen and oxygen atoms in total. The summed E-state index contributed by atoms with van der Waals surface area (Å²) in [6.07, 6.45) is 8.49. The van der Waals surface area contributed by atoms with Gasteiger partial charge in [-0.15, -0.1) is 0 Å². The van der Waals surface area contributed by atoms with Gasteiger partial charge in [-0.3, -0.25) is 0 Å². The van der Waals surface area contributed by atoms with Crippen LogP contribution < -0.4 is 0 Å². The van der Waals surface area contributed by atoms with Gasteiger partial charge in [0.1, 0.15) is 0 Å². The highest BCUT2D eigenvalue weighted by Crippen LogP contribution is 2.44. The zero-order valence-electron chi connectivity index (χ0n) is 8.71. The molecule has 2 fully saturated rings. The molecule has 0 radical (unpaired) electrons. The van der Waals surface area contributed by atoms with Gasteiger partial charge in [0.2, 0.25) is 0 Å². The van der Waals surface area contributed by atoms with Gasteiger partial charge in [0.15, 0.2) is 0 Å². The summed E-state index contributed by atoms with van der Waals surface area (Å²) >= 11 is 0. The van der Waals surface area contributed by atoms with Gasteiger partial charge in [-0.2, -0.15) is 0 Å². The third kappa shape index (κ3) is 1.90. The lowest BCUT2D eigenvalue weighted by Gasteiger charge is -2.42. The Kier molecular flexibility index (Phi) is 2.92. The van der Waals surface area contributed by atoms with Crippen LogP contribution in [0.4, 0.5) is 0 Å². The SMILES string of the molecule is CC1CC2CCCCC2CC1CO. The summed E-state index contributed by atoms with van der Waals surface area (Å²) < 4.78 is 0. The first kappa shape index (κ1) is 9.51. The number of fused-ring (bicyclic) bond motifs is 1. The van der Waals surface area contributed by atoms with E-state index >= 15 is 0 Å². The lowest BCUT2D eigenvalue weighted by Crippen LogP contribution is -2.34. The zero-order chi connectivity index (χ0) is 9.26. The maximum atomic E-state index is 9.25. The van der Waals surface area contributed by atoms with Crippen LogP contribution in [0, 0.1) is 23.7 Å². The molecular weight excluding hydrogens is 160 g/mol. The molecule has 13 heavy (non-hydrogen) atoms. The first-order valence-corrected chi connectivity index (χ1v) is 5.92. The minimum absolute atomic E-state index is 0.421. The second kappa shape index (κ2) is 4.00. The average Bonchev–Trinajstić information content (AvgIpc) is 2.17. The number of aliphatic hydroxyl groups excluding tert-OH is 1. The van der Waals surface area contributed by atoms with Crippen molar-refractivity contribution in [2.45, 2.75) is 45.4 Å². The van der Waals surface area contributed by atoms with Gasteiger partial charge in [-0.25, -0.2) is 0 Å². The Bertz CT molecular complexity index is 167. The largest absolute Gasteiger partial charge is 0.396 e. The van der Waals surface area contributed by atoms with Crippen molar-refractivity contribution < 1.29 is 5.11 Å². The van der Waals surface area contributed by atoms with Crippen LogP contribution in [0.2, 0.25) is 0 Å². The fraction of sp³-hybridized carbons (Fsp3) is 1.00. The van der Waals surface area contributed by atoms with Gasteiger partial charge < -0.3 is 5.11 Å². The van der Waals surface area contributed by atoms with Gasteiger partial charge in [0.25, 0.3) is 0 Å². The number of rotatable bonds is 1. The Morgan fingerprint density at radius 1 is 1.08 bits per heavy atom. The molecule has 1 heteroatoms. The molecule has 76 valence electrons. The molecule has 0 aromatic heterocycles. The first-order chi connectivity index (χ1) is 6.31. The Balaban J connectivity index is 1.97. The van der Waals surface area contributed by atoms with E-state index in [4.69, 9.17) is 0 Å². The minimum atomic E-state index is 0.421. The highest BCUT2D eigenvalue weighted by molar-refractivity contribution is 4.86. The summed E-state index contributed by atoms with van der Waals surface area (Å²) in [4.78, 5) is 0. The molecule has 2 saturated carbocycles. The zero-order valence-corrected chi connectivity index (χ0v) is 8.71. The van der Waals surface area contributed by atoms with Gasteiger partial charge in [0, 0.05) is 6.61 Å². The molecule has 0 heterocycles. The van der Waals surface area contributed by atoms with Crippen molar-refractivity contribution in [1.82, 2.24) is 0 Å². The second-order valence-corrected chi connectivity index (χ2v) is 5.20. The van der Waals surface area contributed by atoms with Crippen LogP contribution in [0.5, 0.6) is 0 Å². The predicted molar refractivity (Wildman–Crippen MR) is 54.4 cm³/mol. The van der Waals surface area contributed by atoms with E-state index < -0.39 is 0 Å². The Morgan fingerprint density at radius 2 is 1.69 bits per heavy atom. The standard InChI is InChI=1S/C12H22O/c1-9-6-10-4-2-3-5-11(10)7-12(9)8-13/h9-13H,2-8H2,1H3. The summed E-state index contributed by atoms with van der Waals surface area (Å²) in [6.45, 7) is 2.75. The molecule has 0 aromatic carbocycles. The summed E-state index contributed by atoms with van der Waals surface area (Å²) in [5.74, 6) is 3.34. The normalized spacial score (nSPS) is 45.7. The van der Waals surface area contributed by atoms with Gasteiger partial charge in [-0.1, -0.05) is 32.6 Å². The molecule has 0 aromatic rings. The summed E-state index contributed by atoms with van der Waals surface area (Å²) in [7, 11) is 0. The smallest absolute Gasteiger partial charge is 0.0461 e. The number of hydrogen-bond acceptors (Lipinski definition) is 1. The fourth-order valence-electron chi connectivity index (χ4n) is 3.45. The van der Waals surface area contributed by atoms with Crippen molar-refractivity contribution in [3.05, 3.63) is 0 Å². The van der Waals surface area contributed by atoms with E-state index in [2.05, 4.69) is 6.92 Å². The molecule has 4 atom stereocenters. The number of aliphatic hydroxyl groups is 1. The van der Waals surface area contributed by atoms with E-state index in [0.717, 1.165) is 17.8 Å². The van der Waals surface area contributed by atoms with Crippen LogP contribution >= 0.6 is 0 Å².